The quantitative estimate of drug-likeness (QED) is 0.936. The van der Waals surface area contributed by atoms with E-state index in [1.54, 1.807) is 6.07 Å². The molecule has 1 aromatic heterocycles. The van der Waals surface area contributed by atoms with Crippen LogP contribution < -0.4 is 5.56 Å². The van der Waals surface area contributed by atoms with Crippen molar-refractivity contribution in [1.82, 2.24) is 9.97 Å². The van der Waals surface area contributed by atoms with Crippen LogP contribution in [0.3, 0.4) is 0 Å². The predicted octanol–water partition coefficient (Wildman–Crippen LogP) is 3.43. The van der Waals surface area contributed by atoms with Crippen LogP contribution in [0.1, 0.15) is 19.5 Å². The van der Waals surface area contributed by atoms with Crippen LogP contribution in [-0.2, 0) is 6.42 Å². The summed E-state index contributed by atoms with van der Waals surface area (Å²) in [5.74, 6) is 0.221. The Bertz CT molecular complexity index is 652. The van der Waals surface area contributed by atoms with E-state index >= 15 is 0 Å². The van der Waals surface area contributed by atoms with Crippen LogP contribution in [0.4, 0.5) is 4.39 Å². The minimum Gasteiger partial charge on any atom is -0.307 e. The van der Waals surface area contributed by atoms with E-state index in [1.807, 2.05) is 13.8 Å². The highest BCUT2D eigenvalue weighted by Crippen LogP contribution is 2.21. The molecular formula is C14H14ClFN2O. The van der Waals surface area contributed by atoms with Crippen molar-refractivity contribution in [1.29, 1.82) is 0 Å². The molecule has 0 amide bonds. The Labute approximate surface area is 115 Å². The Hall–Kier alpha value is -1.68. The lowest BCUT2D eigenvalue weighted by Crippen LogP contribution is -2.11. The third-order valence-corrected chi connectivity index (χ3v) is 2.91. The van der Waals surface area contributed by atoms with E-state index in [0.717, 1.165) is 0 Å². The molecule has 1 N–H and O–H groups in total. The van der Waals surface area contributed by atoms with Gasteiger partial charge in [-0.15, -0.1) is 0 Å². The molecule has 0 fully saturated rings. The zero-order valence-corrected chi connectivity index (χ0v) is 11.5. The van der Waals surface area contributed by atoms with Crippen LogP contribution in [0.15, 0.2) is 29.1 Å². The highest BCUT2D eigenvalue weighted by Gasteiger charge is 2.08. The number of rotatable bonds is 3. The SMILES string of the molecule is CC(C)Cc1cc(=O)[nH]c(-c2ccc(Cl)c(F)c2)n1. The Morgan fingerprint density at radius 3 is 2.74 bits per heavy atom. The lowest BCUT2D eigenvalue weighted by molar-refractivity contribution is 0.627. The van der Waals surface area contributed by atoms with Gasteiger partial charge in [0.15, 0.2) is 0 Å². The molecule has 1 heterocycles. The van der Waals surface area contributed by atoms with E-state index in [2.05, 4.69) is 9.97 Å². The van der Waals surface area contributed by atoms with E-state index in [-0.39, 0.29) is 10.6 Å². The number of nitrogens with zero attached hydrogens (tertiary/aromatic N) is 1. The fourth-order valence-corrected chi connectivity index (χ4v) is 1.93. The van der Waals surface area contributed by atoms with Crippen molar-refractivity contribution in [3.8, 4) is 11.4 Å². The van der Waals surface area contributed by atoms with Gasteiger partial charge >= 0.3 is 0 Å². The first-order valence-electron chi connectivity index (χ1n) is 6.01. The Kier molecular flexibility index (Phi) is 4.00. The normalized spacial score (nSPS) is 11.0. The molecule has 0 spiro atoms. The first-order chi connectivity index (χ1) is 8.95. The van der Waals surface area contributed by atoms with Crippen LogP contribution in [-0.4, -0.2) is 9.97 Å². The summed E-state index contributed by atoms with van der Waals surface area (Å²) in [6, 6.07) is 5.81. The van der Waals surface area contributed by atoms with Gasteiger partial charge in [0.25, 0.3) is 5.56 Å². The number of halogens is 2. The summed E-state index contributed by atoms with van der Waals surface area (Å²) >= 11 is 5.63. The molecule has 2 aromatic rings. The van der Waals surface area contributed by atoms with Crippen LogP contribution in [0.25, 0.3) is 11.4 Å². The number of H-pyrrole nitrogens is 1. The van der Waals surface area contributed by atoms with E-state index in [0.29, 0.717) is 29.4 Å². The fourth-order valence-electron chi connectivity index (χ4n) is 1.81. The van der Waals surface area contributed by atoms with Gasteiger partial charge in [-0.3, -0.25) is 4.79 Å². The molecular weight excluding hydrogens is 267 g/mol. The average molecular weight is 281 g/mol. The second-order valence-electron chi connectivity index (χ2n) is 4.81. The second-order valence-corrected chi connectivity index (χ2v) is 5.22. The van der Waals surface area contributed by atoms with Crippen molar-refractivity contribution < 1.29 is 4.39 Å². The van der Waals surface area contributed by atoms with E-state index in [4.69, 9.17) is 11.6 Å². The summed E-state index contributed by atoms with van der Waals surface area (Å²) in [6.45, 7) is 4.09. The molecule has 1 aromatic carbocycles. The molecule has 0 aliphatic rings. The molecule has 0 bridgehead atoms. The maximum absolute atomic E-state index is 13.4. The molecule has 19 heavy (non-hydrogen) atoms. The van der Waals surface area contributed by atoms with Crippen molar-refractivity contribution in [2.45, 2.75) is 20.3 Å². The highest BCUT2D eigenvalue weighted by atomic mass is 35.5. The summed E-state index contributed by atoms with van der Waals surface area (Å²) < 4.78 is 13.4. The topological polar surface area (TPSA) is 45.8 Å². The Balaban J connectivity index is 2.46. The van der Waals surface area contributed by atoms with Crippen molar-refractivity contribution in [3.05, 3.63) is 51.2 Å². The molecule has 5 heteroatoms. The molecule has 0 saturated heterocycles. The minimum atomic E-state index is -0.531. The molecule has 0 aliphatic heterocycles. The van der Waals surface area contributed by atoms with E-state index < -0.39 is 5.82 Å². The number of benzene rings is 1. The molecule has 0 radical (unpaired) electrons. The fraction of sp³-hybridized carbons (Fsp3) is 0.286. The Morgan fingerprint density at radius 1 is 1.37 bits per heavy atom. The van der Waals surface area contributed by atoms with E-state index in [9.17, 15) is 9.18 Å². The zero-order valence-electron chi connectivity index (χ0n) is 10.7. The van der Waals surface area contributed by atoms with Crippen molar-refractivity contribution in [2.24, 2.45) is 5.92 Å². The van der Waals surface area contributed by atoms with Crippen LogP contribution in [0.2, 0.25) is 5.02 Å². The van der Waals surface area contributed by atoms with Gasteiger partial charge in [-0.05, 0) is 30.5 Å². The highest BCUT2D eigenvalue weighted by molar-refractivity contribution is 6.30. The standard InChI is InChI=1S/C14H14ClFN2O/c1-8(2)5-10-7-13(19)18-14(17-10)9-3-4-11(15)12(16)6-9/h3-4,6-8H,5H2,1-2H3,(H,17,18,19). The van der Waals surface area contributed by atoms with Gasteiger partial charge in [-0.2, -0.15) is 0 Å². The third-order valence-electron chi connectivity index (χ3n) is 2.61. The average Bonchev–Trinajstić information content (AvgIpc) is 2.31. The third kappa shape index (κ3) is 3.41. The Morgan fingerprint density at radius 2 is 2.11 bits per heavy atom. The van der Waals surface area contributed by atoms with Gasteiger partial charge in [0, 0.05) is 17.3 Å². The molecule has 2 rings (SSSR count). The van der Waals surface area contributed by atoms with Gasteiger partial charge in [0.1, 0.15) is 11.6 Å². The van der Waals surface area contributed by atoms with Gasteiger partial charge in [-0.25, -0.2) is 9.37 Å². The van der Waals surface area contributed by atoms with Gasteiger partial charge in [-0.1, -0.05) is 25.4 Å². The van der Waals surface area contributed by atoms with Crippen LogP contribution in [0.5, 0.6) is 0 Å². The lowest BCUT2D eigenvalue weighted by Gasteiger charge is -2.07. The molecule has 3 nitrogen and oxygen atoms in total. The summed E-state index contributed by atoms with van der Waals surface area (Å²) in [5.41, 5.74) is 0.963. The first kappa shape index (κ1) is 13.7. The molecule has 0 unspecified atom stereocenters. The zero-order chi connectivity index (χ0) is 14.0. The van der Waals surface area contributed by atoms with Gasteiger partial charge < -0.3 is 4.98 Å². The van der Waals surface area contributed by atoms with Gasteiger partial charge in [0.05, 0.1) is 5.02 Å². The second kappa shape index (κ2) is 5.53. The van der Waals surface area contributed by atoms with Gasteiger partial charge in [0.2, 0.25) is 0 Å². The number of aromatic amines is 1. The largest absolute Gasteiger partial charge is 0.307 e. The predicted molar refractivity (Wildman–Crippen MR) is 73.8 cm³/mol. The first-order valence-corrected chi connectivity index (χ1v) is 6.39. The van der Waals surface area contributed by atoms with Crippen molar-refractivity contribution >= 4 is 11.6 Å². The summed E-state index contributed by atoms with van der Waals surface area (Å²) in [7, 11) is 0. The van der Waals surface area contributed by atoms with Crippen LogP contribution >= 0.6 is 11.6 Å². The molecule has 0 saturated carbocycles. The number of hydrogen-bond donors (Lipinski definition) is 1. The minimum absolute atomic E-state index is 0.0458. The van der Waals surface area contributed by atoms with Crippen molar-refractivity contribution in [3.63, 3.8) is 0 Å². The molecule has 0 atom stereocenters. The number of nitrogens with one attached hydrogen (secondary N) is 1. The lowest BCUT2D eigenvalue weighted by atomic mass is 10.1. The summed E-state index contributed by atoms with van der Waals surface area (Å²) in [6.07, 6.45) is 0.701. The maximum atomic E-state index is 13.4. The summed E-state index contributed by atoms with van der Waals surface area (Å²) in [4.78, 5) is 18.6. The van der Waals surface area contributed by atoms with Crippen LogP contribution in [0, 0.1) is 11.7 Å². The number of hydrogen-bond acceptors (Lipinski definition) is 2. The molecule has 100 valence electrons. The van der Waals surface area contributed by atoms with Crippen molar-refractivity contribution in [2.75, 3.05) is 0 Å². The number of aromatic nitrogens is 2. The maximum Gasteiger partial charge on any atom is 0.251 e. The molecule has 0 aliphatic carbocycles. The van der Waals surface area contributed by atoms with E-state index in [1.165, 1.54) is 18.2 Å². The summed E-state index contributed by atoms with van der Waals surface area (Å²) in [5, 5.41) is 0.0458. The monoisotopic (exact) mass is 280 g/mol. The smallest absolute Gasteiger partial charge is 0.251 e.